The minimum Gasteiger partial charge on any atom is -0.483 e. The number of nitrogens with zero attached hydrogens (tertiary/aromatic N) is 1. The summed E-state index contributed by atoms with van der Waals surface area (Å²) in [5.41, 5.74) is 2.60. The molecule has 0 unspecified atom stereocenters. The second kappa shape index (κ2) is 6.64. The van der Waals surface area contributed by atoms with E-state index in [2.05, 4.69) is 0 Å². The third kappa shape index (κ3) is 2.73. The molecule has 0 bridgehead atoms. The van der Waals surface area contributed by atoms with E-state index in [-0.39, 0.29) is 18.6 Å². The first kappa shape index (κ1) is 16.3. The van der Waals surface area contributed by atoms with Crippen LogP contribution in [0.4, 0.5) is 5.69 Å². The maximum Gasteiger partial charge on any atom is 0.265 e. The molecular formula is C22H19NO3. The quantitative estimate of drug-likeness (QED) is 0.671. The molecule has 4 nitrogen and oxygen atoms in total. The number of carbonyl (C=O) groups is 2. The van der Waals surface area contributed by atoms with E-state index in [9.17, 15) is 9.59 Å². The highest BCUT2D eigenvalue weighted by atomic mass is 16.5. The molecule has 1 amide bonds. The zero-order valence-corrected chi connectivity index (χ0v) is 14.5. The van der Waals surface area contributed by atoms with Crippen LogP contribution in [-0.4, -0.2) is 24.8 Å². The van der Waals surface area contributed by atoms with Crippen molar-refractivity contribution in [3.05, 3.63) is 71.8 Å². The summed E-state index contributed by atoms with van der Waals surface area (Å²) in [7, 11) is 0. The predicted octanol–water partition coefficient (Wildman–Crippen LogP) is 4.01. The van der Waals surface area contributed by atoms with E-state index in [1.807, 2.05) is 61.5 Å². The van der Waals surface area contributed by atoms with Gasteiger partial charge in [-0.15, -0.1) is 0 Å². The van der Waals surface area contributed by atoms with Crippen LogP contribution >= 0.6 is 0 Å². The van der Waals surface area contributed by atoms with Crippen LogP contribution < -0.4 is 9.64 Å². The summed E-state index contributed by atoms with van der Waals surface area (Å²) in [5, 5.41) is 1.79. The number of rotatable bonds is 4. The molecule has 0 saturated heterocycles. The fraction of sp³-hybridized carbons (Fsp3) is 0.182. The van der Waals surface area contributed by atoms with E-state index in [0.29, 0.717) is 11.3 Å². The minimum atomic E-state index is -0.104. The molecule has 0 N–H and O–H groups in total. The lowest BCUT2D eigenvalue weighted by atomic mass is 10.0. The van der Waals surface area contributed by atoms with Crippen LogP contribution in [0.25, 0.3) is 10.8 Å². The number of hydrogen-bond acceptors (Lipinski definition) is 3. The zero-order valence-electron chi connectivity index (χ0n) is 14.5. The summed E-state index contributed by atoms with van der Waals surface area (Å²) in [4.78, 5) is 26.1. The van der Waals surface area contributed by atoms with Gasteiger partial charge in [0.1, 0.15) is 5.75 Å². The highest BCUT2D eigenvalue weighted by molar-refractivity contribution is 6.01. The highest BCUT2D eigenvalue weighted by Gasteiger charge is 2.30. The maximum atomic E-state index is 12.8. The summed E-state index contributed by atoms with van der Waals surface area (Å²) in [6.07, 6.45) is 1.63. The molecule has 0 aliphatic carbocycles. The van der Waals surface area contributed by atoms with E-state index in [0.717, 1.165) is 29.2 Å². The lowest BCUT2D eigenvalue weighted by Gasteiger charge is -2.23. The lowest BCUT2D eigenvalue weighted by molar-refractivity contribution is -0.120. The summed E-state index contributed by atoms with van der Waals surface area (Å²) in [6.45, 7) is 1.93. The van der Waals surface area contributed by atoms with Crippen LogP contribution in [0.3, 0.4) is 0 Å². The molecule has 1 aliphatic heterocycles. The topological polar surface area (TPSA) is 46.6 Å². The summed E-state index contributed by atoms with van der Waals surface area (Å²) < 4.78 is 5.75. The van der Waals surface area contributed by atoms with Crippen LogP contribution in [0.5, 0.6) is 5.75 Å². The smallest absolute Gasteiger partial charge is 0.265 e. The number of fused-ring (bicyclic) bond motifs is 2. The van der Waals surface area contributed by atoms with Gasteiger partial charge in [0, 0.05) is 11.7 Å². The Labute approximate surface area is 152 Å². The standard InChI is InChI=1S/C22H19NO3/c1-15-12-17-7-3-5-9-20(17)23(15)22(25)14-26-21-11-10-16-6-2-4-8-18(16)19(21)13-24/h2-11,13,15H,12,14H2,1H3/t15-/m1/s1. The van der Waals surface area contributed by atoms with Gasteiger partial charge in [-0.05, 0) is 41.8 Å². The highest BCUT2D eigenvalue weighted by Crippen LogP contribution is 2.32. The molecule has 0 saturated carbocycles. The average molecular weight is 345 g/mol. The summed E-state index contributed by atoms with van der Waals surface area (Å²) >= 11 is 0. The molecule has 26 heavy (non-hydrogen) atoms. The number of carbonyl (C=O) groups excluding carboxylic acids is 2. The molecule has 1 aliphatic rings. The summed E-state index contributed by atoms with van der Waals surface area (Å²) in [5.74, 6) is 0.333. The largest absolute Gasteiger partial charge is 0.483 e. The maximum absolute atomic E-state index is 12.8. The number of ether oxygens (including phenoxy) is 1. The van der Waals surface area contributed by atoms with Gasteiger partial charge >= 0.3 is 0 Å². The molecule has 0 aromatic heterocycles. The number of benzene rings is 3. The van der Waals surface area contributed by atoms with E-state index in [1.54, 1.807) is 11.0 Å². The molecule has 3 aromatic carbocycles. The van der Waals surface area contributed by atoms with Gasteiger partial charge in [-0.25, -0.2) is 0 Å². The van der Waals surface area contributed by atoms with Crippen LogP contribution in [0.2, 0.25) is 0 Å². The fourth-order valence-electron chi connectivity index (χ4n) is 3.68. The van der Waals surface area contributed by atoms with Gasteiger partial charge in [-0.2, -0.15) is 0 Å². The number of aldehydes is 1. The first-order valence-electron chi connectivity index (χ1n) is 8.68. The van der Waals surface area contributed by atoms with E-state index in [4.69, 9.17) is 4.74 Å². The monoisotopic (exact) mass is 345 g/mol. The van der Waals surface area contributed by atoms with Crippen molar-refractivity contribution in [1.82, 2.24) is 0 Å². The Hall–Kier alpha value is -3.14. The first-order chi connectivity index (χ1) is 12.7. The first-order valence-corrected chi connectivity index (χ1v) is 8.68. The van der Waals surface area contributed by atoms with Crippen LogP contribution in [0.15, 0.2) is 60.7 Å². The van der Waals surface area contributed by atoms with Gasteiger partial charge in [-0.1, -0.05) is 48.5 Å². The second-order valence-corrected chi connectivity index (χ2v) is 6.55. The Morgan fingerprint density at radius 1 is 1.12 bits per heavy atom. The van der Waals surface area contributed by atoms with Crippen LogP contribution in [0.1, 0.15) is 22.8 Å². The summed E-state index contributed by atoms with van der Waals surface area (Å²) in [6, 6.07) is 19.3. The number of hydrogen-bond donors (Lipinski definition) is 0. The predicted molar refractivity (Wildman–Crippen MR) is 102 cm³/mol. The normalized spacial score (nSPS) is 15.7. The van der Waals surface area contributed by atoms with E-state index >= 15 is 0 Å². The Kier molecular flexibility index (Phi) is 4.17. The van der Waals surface area contributed by atoms with Gasteiger partial charge < -0.3 is 9.64 Å². The van der Waals surface area contributed by atoms with Crippen molar-refractivity contribution < 1.29 is 14.3 Å². The van der Waals surface area contributed by atoms with Gasteiger partial charge in [0.2, 0.25) is 0 Å². The Morgan fingerprint density at radius 3 is 2.73 bits per heavy atom. The molecule has 4 rings (SSSR count). The third-order valence-electron chi connectivity index (χ3n) is 4.88. The van der Waals surface area contributed by atoms with Gasteiger partial charge in [0.15, 0.2) is 12.9 Å². The van der Waals surface area contributed by atoms with Crippen molar-refractivity contribution in [2.45, 2.75) is 19.4 Å². The molecule has 4 heteroatoms. The third-order valence-corrected chi connectivity index (χ3v) is 4.88. The Balaban J connectivity index is 1.57. The number of para-hydroxylation sites is 1. The molecule has 0 spiro atoms. The molecule has 1 atom stereocenters. The molecule has 130 valence electrons. The van der Waals surface area contributed by atoms with Crippen molar-refractivity contribution in [3.8, 4) is 5.75 Å². The Bertz CT molecular complexity index is 996. The van der Waals surface area contributed by atoms with Gasteiger partial charge in [-0.3, -0.25) is 9.59 Å². The molecule has 1 heterocycles. The van der Waals surface area contributed by atoms with Crippen molar-refractivity contribution in [1.29, 1.82) is 0 Å². The van der Waals surface area contributed by atoms with Crippen molar-refractivity contribution in [2.75, 3.05) is 11.5 Å². The van der Waals surface area contributed by atoms with E-state index < -0.39 is 0 Å². The van der Waals surface area contributed by atoms with Crippen molar-refractivity contribution in [2.24, 2.45) is 0 Å². The second-order valence-electron chi connectivity index (χ2n) is 6.55. The van der Waals surface area contributed by atoms with Gasteiger partial charge in [0.25, 0.3) is 5.91 Å². The SMILES string of the molecule is C[C@@H]1Cc2ccccc2N1C(=O)COc1ccc2ccccc2c1C=O. The van der Waals surface area contributed by atoms with Crippen LogP contribution in [0, 0.1) is 0 Å². The fourth-order valence-corrected chi connectivity index (χ4v) is 3.68. The van der Waals surface area contributed by atoms with Crippen molar-refractivity contribution in [3.63, 3.8) is 0 Å². The zero-order chi connectivity index (χ0) is 18.1. The minimum absolute atomic E-state index is 0.0994. The average Bonchev–Trinajstić information content (AvgIpc) is 3.01. The van der Waals surface area contributed by atoms with Crippen LogP contribution in [-0.2, 0) is 11.2 Å². The molecule has 0 fully saturated rings. The van der Waals surface area contributed by atoms with E-state index in [1.165, 1.54) is 5.56 Å². The lowest BCUT2D eigenvalue weighted by Crippen LogP contribution is -2.39. The molecule has 3 aromatic rings. The van der Waals surface area contributed by atoms with Crippen molar-refractivity contribution >= 4 is 28.7 Å². The number of anilines is 1. The molecular weight excluding hydrogens is 326 g/mol. The molecule has 0 radical (unpaired) electrons. The number of amides is 1. The Morgan fingerprint density at radius 2 is 1.88 bits per heavy atom. The van der Waals surface area contributed by atoms with Gasteiger partial charge in [0.05, 0.1) is 5.56 Å².